The molecule has 36 heavy (non-hydrogen) atoms. The summed E-state index contributed by atoms with van der Waals surface area (Å²) in [5, 5.41) is 3.38. The summed E-state index contributed by atoms with van der Waals surface area (Å²) in [7, 11) is 0. The van der Waals surface area contributed by atoms with Gasteiger partial charge in [0, 0.05) is 0 Å². The Hall–Kier alpha value is -3.21. The predicted molar refractivity (Wildman–Crippen MR) is 139 cm³/mol. The summed E-state index contributed by atoms with van der Waals surface area (Å²) >= 11 is 4.57. The maximum Gasteiger partial charge on any atom is 0.417 e. The van der Waals surface area contributed by atoms with E-state index in [0.717, 1.165) is 10.5 Å². The van der Waals surface area contributed by atoms with Gasteiger partial charge in [0.05, 0.1) is 23.0 Å². The third-order valence-corrected chi connectivity index (χ3v) is 6.48. The fraction of sp³-hybridized carbons (Fsp3) is 0.385. The Bertz CT molecular complexity index is 1080. The number of thiol groups is 1. The van der Waals surface area contributed by atoms with E-state index in [-0.39, 0.29) is 13.0 Å². The molecule has 0 saturated heterocycles. The number of ether oxygens (including phenoxy) is 1. The molecule has 3 rings (SSSR count). The highest BCUT2D eigenvalue weighted by Gasteiger charge is 2.49. The number of imide groups is 1. The van der Waals surface area contributed by atoms with Crippen LogP contribution in [0.5, 0.6) is 0 Å². The molecule has 2 aromatic carbocycles. The lowest BCUT2D eigenvalue weighted by Gasteiger charge is -2.34. The number of ketones is 1. The van der Waals surface area contributed by atoms with Gasteiger partial charge in [0.15, 0.2) is 11.9 Å². The lowest BCUT2D eigenvalue weighted by molar-refractivity contribution is -0.144. The average Bonchev–Trinajstić information content (AvgIpc) is 3.25. The first-order valence-electron chi connectivity index (χ1n) is 11.8. The van der Waals surface area contributed by atoms with Crippen molar-refractivity contribution in [2.45, 2.75) is 62.8 Å². The molecule has 0 aromatic heterocycles. The molecule has 0 bridgehead atoms. The molecule has 5 atom stereocenters. The molecular formula is C26H32N4O5S. The van der Waals surface area contributed by atoms with Crippen molar-refractivity contribution in [3.63, 3.8) is 0 Å². The zero-order valence-corrected chi connectivity index (χ0v) is 21.2. The second kappa shape index (κ2) is 12.7. The predicted octanol–water partition coefficient (Wildman–Crippen LogP) is 2.47. The van der Waals surface area contributed by atoms with Crippen molar-refractivity contribution in [3.05, 3.63) is 71.8 Å². The van der Waals surface area contributed by atoms with Gasteiger partial charge < -0.3 is 21.0 Å². The monoisotopic (exact) mass is 512 g/mol. The Labute approximate surface area is 216 Å². The van der Waals surface area contributed by atoms with E-state index in [1.807, 2.05) is 43.3 Å². The molecule has 9 nitrogen and oxygen atoms in total. The Balaban J connectivity index is 1.95. The number of amides is 2. The molecule has 10 heteroatoms. The smallest absolute Gasteiger partial charge is 0.417 e. The number of carbonyl (C=O) groups is 3. The Morgan fingerprint density at radius 3 is 2.17 bits per heavy atom. The summed E-state index contributed by atoms with van der Waals surface area (Å²) in [6, 6.07) is 14.5. The molecule has 192 valence electrons. The van der Waals surface area contributed by atoms with Crippen LogP contribution in [0.1, 0.15) is 31.4 Å². The van der Waals surface area contributed by atoms with Crippen LogP contribution in [-0.4, -0.2) is 57.9 Å². The number of nitrogens with two attached hydrogens (primary N) is 2. The highest BCUT2D eigenvalue weighted by atomic mass is 32.1. The highest BCUT2D eigenvalue weighted by Crippen LogP contribution is 2.27. The van der Waals surface area contributed by atoms with Crippen LogP contribution < -0.4 is 11.5 Å². The summed E-state index contributed by atoms with van der Waals surface area (Å²) in [5.41, 5.74) is 14.3. The maximum absolute atomic E-state index is 13.7. The van der Waals surface area contributed by atoms with Crippen molar-refractivity contribution < 1.29 is 24.0 Å². The Morgan fingerprint density at radius 1 is 1.06 bits per heavy atom. The average molecular weight is 513 g/mol. The first-order valence-corrected chi connectivity index (χ1v) is 12.3. The van der Waals surface area contributed by atoms with Crippen LogP contribution >= 0.6 is 12.6 Å². The number of rotatable bonds is 10. The molecule has 3 unspecified atom stereocenters. The number of Topliss-reactive ketones (excluding diaryl/α,β-unsaturated/α-hetero) is 1. The third-order valence-electron chi connectivity index (χ3n) is 5.89. The van der Waals surface area contributed by atoms with Crippen molar-refractivity contribution in [1.29, 1.82) is 0 Å². The number of oxime groups is 1. The summed E-state index contributed by atoms with van der Waals surface area (Å²) in [6.45, 7) is 3.23. The number of carbonyl (C=O) groups excluding carboxylic acids is 3. The molecule has 2 aromatic rings. The van der Waals surface area contributed by atoms with E-state index >= 15 is 0 Å². The first-order chi connectivity index (χ1) is 17.2. The standard InChI is InChI=1S/C26H32N4O5S/c1-3-20-24(36)23(35-29-20)21(22(31)16(2)27)30(26(33)34-15-18-12-8-5-9-13-18)25(32)19(28)14-17-10-6-4-7-11-17/h4-13,16,19,21,23-24,36H,3,14-15,27-28H2,1-2H3/t16-,19-,21?,23?,24?/m0/s1. The Kier molecular flexibility index (Phi) is 9.63. The second-order valence-corrected chi connectivity index (χ2v) is 9.19. The summed E-state index contributed by atoms with van der Waals surface area (Å²) in [6.07, 6.45) is -1.41. The van der Waals surface area contributed by atoms with Gasteiger partial charge in [0.2, 0.25) is 5.91 Å². The van der Waals surface area contributed by atoms with E-state index in [1.165, 1.54) is 6.92 Å². The van der Waals surface area contributed by atoms with Crippen LogP contribution in [-0.2, 0) is 32.2 Å². The summed E-state index contributed by atoms with van der Waals surface area (Å²) in [4.78, 5) is 46.7. The first kappa shape index (κ1) is 27.4. The molecule has 1 heterocycles. The summed E-state index contributed by atoms with van der Waals surface area (Å²) in [5.74, 6) is -1.38. The van der Waals surface area contributed by atoms with Crippen LogP contribution in [0.2, 0.25) is 0 Å². The van der Waals surface area contributed by atoms with Crippen LogP contribution in [0.4, 0.5) is 4.79 Å². The topological polar surface area (TPSA) is 137 Å². The van der Waals surface area contributed by atoms with E-state index in [1.54, 1.807) is 24.3 Å². The van der Waals surface area contributed by atoms with Crippen LogP contribution in [0.25, 0.3) is 0 Å². The second-order valence-electron chi connectivity index (χ2n) is 8.63. The van der Waals surface area contributed by atoms with Gasteiger partial charge in [-0.15, -0.1) is 0 Å². The van der Waals surface area contributed by atoms with Crippen molar-refractivity contribution in [3.8, 4) is 0 Å². The minimum absolute atomic E-state index is 0.108. The molecule has 0 saturated carbocycles. The number of hydrogen-bond acceptors (Lipinski definition) is 9. The van der Waals surface area contributed by atoms with Gasteiger partial charge in [0.25, 0.3) is 0 Å². The molecule has 0 aliphatic carbocycles. The third kappa shape index (κ3) is 6.51. The van der Waals surface area contributed by atoms with Gasteiger partial charge in [0.1, 0.15) is 12.6 Å². The molecule has 1 aliphatic rings. The molecule has 0 radical (unpaired) electrons. The minimum Gasteiger partial charge on any atom is -0.444 e. The fourth-order valence-corrected chi connectivity index (χ4v) is 4.35. The van der Waals surface area contributed by atoms with Gasteiger partial charge in [-0.2, -0.15) is 12.6 Å². The molecule has 4 N–H and O–H groups in total. The van der Waals surface area contributed by atoms with Gasteiger partial charge in [-0.1, -0.05) is 72.7 Å². The Morgan fingerprint density at radius 2 is 1.64 bits per heavy atom. The largest absolute Gasteiger partial charge is 0.444 e. The minimum atomic E-state index is -1.43. The fourth-order valence-electron chi connectivity index (χ4n) is 3.90. The van der Waals surface area contributed by atoms with Crippen LogP contribution in [0.15, 0.2) is 65.8 Å². The van der Waals surface area contributed by atoms with Gasteiger partial charge >= 0.3 is 6.09 Å². The number of nitrogens with zero attached hydrogens (tertiary/aromatic N) is 2. The maximum atomic E-state index is 13.7. The SMILES string of the molecule is CCC1=NOC(C(C(=O)[C@H](C)N)N(C(=O)OCc2ccccc2)C(=O)[C@@H](N)Cc2ccccc2)C1S. The number of hydrogen-bond donors (Lipinski definition) is 3. The lowest BCUT2D eigenvalue weighted by Crippen LogP contribution is -2.62. The van der Waals surface area contributed by atoms with Crippen molar-refractivity contribution >= 4 is 36.1 Å². The van der Waals surface area contributed by atoms with Gasteiger partial charge in [-0.25, -0.2) is 9.69 Å². The van der Waals surface area contributed by atoms with Crippen molar-refractivity contribution in [1.82, 2.24) is 4.90 Å². The zero-order valence-electron chi connectivity index (χ0n) is 20.3. The normalized spacial score (nSPS) is 19.4. The van der Waals surface area contributed by atoms with Crippen molar-refractivity contribution in [2.75, 3.05) is 0 Å². The van der Waals surface area contributed by atoms with E-state index in [9.17, 15) is 14.4 Å². The van der Waals surface area contributed by atoms with E-state index in [4.69, 9.17) is 21.0 Å². The molecule has 2 amide bonds. The van der Waals surface area contributed by atoms with E-state index in [2.05, 4.69) is 17.8 Å². The van der Waals surface area contributed by atoms with Crippen LogP contribution in [0.3, 0.4) is 0 Å². The molecular weight excluding hydrogens is 480 g/mol. The van der Waals surface area contributed by atoms with E-state index < -0.39 is 47.3 Å². The lowest BCUT2D eigenvalue weighted by atomic mass is 9.94. The molecule has 0 spiro atoms. The van der Waals surface area contributed by atoms with Crippen molar-refractivity contribution in [2.24, 2.45) is 16.6 Å². The number of benzene rings is 2. The molecule has 1 aliphatic heterocycles. The quantitative estimate of drug-likeness (QED) is 0.416. The highest BCUT2D eigenvalue weighted by molar-refractivity contribution is 7.82. The molecule has 0 fully saturated rings. The summed E-state index contributed by atoms with van der Waals surface area (Å²) < 4.78 is 5.47. The van der Waals surface area contributed by atoms with E-state index in [0.29, 0.717) is 17.7 Å². The van der Waals surface area contributed by atoms with Gasteiger partial charge in [-0.05, 0) is 30.9 Å². The van der Waals surface area contributed by atoms with Crippen LogP contribution in [0, 0.1) is 0 Å². The zero-order chi connectivity index (χ0) is 26.2. The van der Waals surface area contributed by atoms with Gasteiger partial charge in [-0.3, -0.25) is 9.59 Å².